The second kappa shape index (κ2) is 10.2. The number of carbonyl (C=O) groups is 1. The molecule has 0 bridgehead atoms. The van der Waals surface area contributed by atoms with Crippen molar-refractivity contribution >= 4 is 11.7 Å². The largest absolute Gasteiger partial charge is 0.493 e. The van der Waals surface area contributed by atoms with Gasteiger partial charge in [-0.15, -0.1) is 0 Å². The zero-order valence-electron chi connectivity index (χ0n) is 20.0. The lowest BCUT2D eigenvalue weighted by Gasteiger charge is -2.45. The Morgan fingerprint density at radius 3 is 2.65 bits per heavy atom. The fourth-order valence-corrected chi connectivity index (χ4v) is 5.75. The van der Waals surface area contributed by atoms with E-state index in [1.54, 1.807) is 14.2 Å². The Labute approximate surface area is 199 Å². The van der Waals surface area contributed by atoms with E-state index in [0.717, 1.165) is 69.1 Å². The highest BCUT2D eigenvalue weighted by atomic mass is 19.1. The number of benzene rings is 2. The Morgan fingerprint density at radius 2 is 1.91 bits per heavy atom. The molecule has 6 nitrogen and oxygen atoms in total. The lowest BCUT2D eigenvalue weighted by atomic mass is 9.65. The van der Waals surface area contributed by atoms with Crippen LogP contribution in [0.5, 0.6) is 11.5 Å². The first kappa shape index (κ1) is 24.3. The summed E-state index contributed by atoms with van der Waals surface area (Å²) in [6.45, 7) is 4.17. The number of nitrogens with one attached hydrogen (secondary N) is 2. The number of nitrogens with zero attached hydrogens (tertiary/aromatic N) is 1. The minimum atomic E-state index is -0.669. The molecule has 0 spiro atoms. The van der Waals surface area contributed by atoms with Crippen LogP contribution in [0.25, 0.3) is 0 Å². The van der Waals surface area contributed by atoms with Gasteiger partial charge in [-0.3, -0.25) is 4.90 Å². The van der Waals surface area contributed by atoms with Crippen molar-refractivity contribution in [2.24, 2.45) is 0 Å². The molecule has 8 heteroatoms. The highest BCUT2D eigenvalue weighted by Crippen LogP contribution is 2.50. The SMILES string of the molecule is CCCN1CC[C@]2(c3ccc(OC)c(OC)c3)CC[C@@H](NC(=O)Nc3cc(F)ccc3F)C[C@H]12. The highest BCUT2D eigenvalue weighted by molar-refractivity contribution is 5.89. The van der Waals surface area contributed by atoms with E-state index in [4.69, 9.17) is 9.47 Å². The number of carbonyl (C=O) groups excluding carboxylic acids is 1. The van der Waals surface area contributed by atoms with Gasteiger partial charge in [0.15, 0.2) is 11.5 Å². The van der Waals surface area contributed by atoms with Gasteiger partial charge in [0.2, 0.25) is 0 Å². The maximum absolute atomic E-state index is 13.9. The maximum Gasteiger partial charge on any atom is 0.319 e. The van der Waals surface area contributed by atoms with E-state index in [1.807, 2.05) is 6.07 Å². The first-order valence-electron chi connectivity index (χ1n) is 11.9. The molecule has 1 heterocycles. The van der Waals surface area contributed by atoms with Crippen LogP contribution in [0.15, 0.2) is 36.4 Å². The van der Waals surface area contributed by atoms with E-state index in [-0.39, 0.29) is 23.2 Å². The van der Waals surface area contributed by atoms with Crippen LogP contribution < -0.4 is 20.1 Å². The van der Waals surface area contributed by atoms with Gasteiger partial charge in [0.1, 0.15) is 11.6 Å². The summed E-state index contributed by atoms with van der Waals surface area (Å²) >= 11 is 0. The Balaban J connectivity index is 1.53. The fourth-order valence-electron chi connectivity index (χ4n) is 5.75. The van der Waals surface area contributed by atoms with Crippen LogP contribution >= 0.6 is 0 Å². The molecule has 0 radical (unpaired) electrons. The fraction of sp³-hybridized carbons (Fsp3) is 0.500. The van der Waals surface area contributed by atoms with Crippen LogP contribution in [0.2, 0.25) is 0 Å². The number of urea groups is 1. The van der Waals surface area contributed by atoms with E-state index in [2.05, 4.69) is 34.6 Å². The molecule has 0 aromatic heterocycles. The Hall–Kier alpha value is -2.87. The number of rotatable bonds is 7. The molecule has 2 fully saturated rings. The van der Waals surface area contributed by atoms with E-state index < -0.39 is 17.7 Å². The average molecular weight is 474 g/mol. The molecular weight excluding hydrogens is 440 g/mol. The molecule has 2 aromatic carbocycles. The molecule has 1 aliphatic carbocycles. The Kier molecular flexibility index (Phi) is 7.26. The molecule has 1 saturated carbocycles. The third-order valence-electron chi connectivity index (χ3n) is 7.35. The molecule has 184 valence electrons. The van der Waals surface area contributed by atoms with Crippen LogP contribution in [0, 0.1) is 11.6 Å². The summed E-state index contributed by atoms with van der Waals surface area (Å²) in [5, 5.41) is 5.44. The van der Waals surface area contributed by atoms with Crippen molar-refractivity contribution in [1.29, 1.82) is 0 Å². The molecule has 4 rings (SSSR count). The quantitative estimate of drug-likeness (QED) is 0.589. The monoisotopic (exact) mass is 473 g/mol. The van der Waals surface area contributed by atoms with Crippen LogP contribution in [0.1, 0.15) is 44.6 Å². The summed E-state index contributed by atoms with van der Waals surface area (Å²) in [5.41, 5.74) is 1.04. The molecular formula is C26H33F2N3O3. The molecule has 2 amide bonds. The third kappa shape index (κ3) is 4.69. The van der Waals surface area contributed by atoms with Crippen molar-refractivity contribution in [1.82, 2.24) is 10.2 Å². The van der Waals surface area contributed by atoms with Crippen molar-refractivity contribution in [3.8, 4) is 11.5 Å². The number of ether oxygens (including phenoxy) is 2. The zero-order chi connectivity index (χ0) is 24.3. The molecule has 0 unspecified atom stereocenters. The van der Waals surface area contributed by atoms with E-state index in [0.29, 0.717) is 5.75 Å². The number of hydrogen-bond acceptors (Lipinski definition) is 4. The normalized spacial score (nSPS) is 24.4. The van der Waals surface area contributed by atoms with E-state index in [1.165, 1.54) is 5.56 Å². The summed E-state index contributed by atoms with van der Waals surface area (Å²) in [4.78, 5) is 15.1. The van der Waals surface area contributed by atoms with Gasteiger partial charge < -0.3 is 20.1 Å². The topological polar surface area (TPSA) is 62.8 Å². The van der Waals surface area contributed by atoms with Gasteiger partial charge in [-0.1, -0.05) is 13.0 Å². The summed E-state index contributed by atoms with van der Waals surface area (Å²) in [6.07, 6.45) is 4.58. The van der Waals surface area contributed by atoms with Gasteiger partial charge >= 0.3 is 6.03 Å². The van der Waals surface area contributed by atoms with Crippen LogP contribution in [-0.4, -0.2) is 50.3 Å². The second-order valence-corrected chi connectivity index (χ2v) is 9.22. The van der Waals surface area contributed by atoms with Crippen molar-refractivity contribution in [2.75, 3.05) is 32.6 Å². The number of halogens is 2. The molecule has 2 aromatic rings. The van der Waals surface area contributed by atoms with Gasteiger partial charge in [-0.05, 0) is 75.0 Å². The van der Waals surface area contributed by atoms with Crippen molar-refractivity contribution in [3.63, 3.8) is 0 Å². The highest BCUT2D eigenvalue weighted by Gasteiger charge is 2.51. The minimum Gasteiger partial charge on any atom is -0.493 e. The predicted molar refractivity (Wildman–Crippen MR) is 128 cm³/mol. The summed E-state index contributed by atoms with van der Waals surface area (Å²) in [5.74, 6) is 0.158. The summed E-state index contributed by atoms with van der Waals surface area (Å²) in [6, 6.07) is 8.88. The van der Waals surface area contributed by atoms with Gasteiger partial charge in [0, 0.05) is 23.6 Å². The van der Waals surface area contributed by atoms with Crippen LogP contribution in [-0.2, 0) is 5.41 Å². The lowest BCUT2D eigenvalue weighted by Crippen LogP contribution is -2.53. The molecule has 1 saturated heterocycles. The minimum absolute atomic E-state index is 0.0297. The van der Waals surface area contributed by atoms with Crippen LogP contribution in [0.3, 0.4) is 0 Å². The molecule has 3 atom stereocenters. The van der Waals surface area contributed by atoms with Gasteiger partial charge in [0.25, 0.3) is 0 Å². The lowest BCUT2D eigenvalue weighted by molar-refractivity contribution is 0.136. The zero-order valence-corrected chi connectivity index (χ0v) is 20.0. The van der Waals surface area contributed by atoms with Crippen molar-refractivity contribution in [2.45, 2.75) is 56.5 Å². The van der Waals surface area contributed by atoms with Gasteiger partial charge in [0.05, 0.1) is 19.9 Å². The third-order valence-corrected chi connectivity index (χ3v) is 7.35. The molecule has 2 aliphatic rings. The van der Waals surface area contributed by atoms with Crippen LogP contribution in [0.4, 0.5) is 19.3 Å². The molecule has 34 heavy (non-hydrogen) atoms. The number of hydrogen-bond donors (Lipinski definition) is 2. The summed E-state index contributed by atoms with van der Waals surface area (Å²) in [7, 11) is 3.28. The number of anilines is 1. The first-order chi connectivity index (χ1) is 16.4. The maximum atomic E-state index is 13.9. The predicted octanol–water partition coefficient (Wildman–Crippen LogP) is 5.08. The second-order valence-electron chi connectivity index (χ2n) is 9.22. The number of amides is 2. The number of fused-ring (bicyclic) bond motifs is 1. The first-order valence-corrected chi connectivity index (χ1v) is 11.9. The van der Waals surface area contributed by atoms with Gasteiger partial charge in [-0.25, -0.2) is 13.6 Å². The molecule has 2 N–H and O–H groups in total. The number of methoxy groups -OCH3 is 2. The smallest absolute Gasteiger partial charge is 0.319 e. The molecule has 1 aliphatic heterocycles. The Bertz CT molecular complexity index is 1030. The van der Waals surface area contributed by atoms with Gasteiger partial charge in [-0.2, -0.15) is 0 Å². The summed E-state index contributed by atoms with van der Waals surface area (Å²) < 4.78 is 38.4. The Morgan fingerprint density at radius 1 is 1.12 bits per heavy atom. The van der Waals surface area contributed by atoms with Crippen molar-refractivity contribution in [3.05, 3.63) is 53.6 Å². The number of likely N-dealkylation sites (tertiary alicyclic amines) is 1. The van der Waals surface area contributed by atoms with E-state index in [9.17, 15) is 13.6 Å². The van der Waals surface area contributed by atoms with Crippen molar-refractivity contribution < 1.29 is 23.0 Å². The standard InChI is InChI=1S/C26H33F2N3O3/c1-4-12-31-13-11-26(17-5-8-22(33-2)23(14-17)34-3)10-9-19(16-24(26)31)29-25(32)30-21-15-18(27)6-7-20(21)28/h5-8,14-15,19,24H,4,9-13,16H2,1-3H3,(H2,29,30,32)/t19-,24+,26+/m1/s1. The average Bonchev–Trinajstić information content (AvgIpc) is 3.20. The van der Waals surface area contributed by atoms with E-state index >= 15 is 0 Å².